The Morgan fingerprint density at radius 1 is 1.05 bits per heavy atom. The zero-order chi connectivity index (χ0) is 27.8. The highest BCUT2D eigenvalue weighted by Gasteiger charge is 2.64. The van der Waals surface area contributed by atoms with Gasteiger partial charge >= 0.3 is 0 Å². The van der Waals surface area contributed by atoms with Crippen LogP contribution in [0.4, 0.5) is 11.4 Å². The minimum absolute atomic E-state index is 0.173. The molecule has 10 heteroatoms. The normalized spacial score (nSPS) is 17.7. The van der Waals surface area contributed by atoms with Crippen molar-refractivity contribution in [3.8, 4) is 17.1 Å². The number of aromatic nitrogens is 4. The third kappa shape index (κ3) is 3.35. The lowest BCUT2D eigenvalue weighted by atomic mass is 9.86. The van der Waals surface area contributed by atoms with Crippen molar-refractivity contribution < 1.29 is 14.3 Å². The summed E-state index contributed by atoms with van der Waals surface area (Å²) in [5, 5.41) is 3.40. The standard InChI is InChI=1S/C29H27ClN6O3/c1-14(2)35-25-24(34-26(35)19-13-31-16(4)10-23(19)39-6)27(37)36(22-11-18(30)12-32-17(22)5)29(25)20-8-7-15(3)9-21(20)33-28(29)38/h7-14H,1-6H3,(H,33,38). The van der Waals surface area contributed by atoms with Gasteiger partial charge in [0.05, 0.1) is 34.8 Å². The number of halogens is 1. The van der Waals surface area contributed by atoms with Gasteiger partial charge in [0.2, 0.25) is 0 Å². The van der Waals surface area contributed by atoms with E-state index in [1.165, 1.54) is 11.1 Å². The van der Waals surface area contributed by atoms with E-state index in [2.05, 4.69) is 15.3 Å². The smallest absolute Gasteiger partial charge is 0.280 e. The maximum atomic E-state index is 14.4. The van der Waals surface area contributed by atoms with Gasteiger partial charge < -0.3 is 14.6 Å². The molecule has 0 saturated heterocycles. The lowest BCUT2D eigenvalue weighted by Crippen LogP contribution is -2.51. The van der Waals surface area contributed by atoms with E-state index in [0.29, 0.717) is 50.5 Å². The highest BCUT2D eigenvalue weighted by molar-refractivity contribution is 6.31. The van der Waals surface area contributed by atoms with Crippen LogP contribution in [0.2, 0.25) is 5.02 Å². The molecule has 39 heavy (non-hydrogen) atoms. The van der Waals surface area contributed by atoms with E-state index < -0.39 is 11.4 Å². The molecule has 2 aliphatic heterocycles. The Hall–Kier alpha value is -4.24. The number of anilines is 2. The van der Waals surface area contributed by atoms with Crippen molar-refractivity contribution in [2.45, 2.75) is 46.2 Å². The highest BCUT2D eigenvalue weighted by Crippen LogP contribution is 2.54. The number of hydrogen-bond donors (Lipinski definition) is 1. The van der Waals surface area contributed by atoms with Crippen LogP contribution < -0.4 is 15.0 Å². The summed E-state index contributed by atoms with van der Waals surface area (Å²) in [6.45, 7) is 9.61. The van der Waals surface area contributed by atoms with Crippen LogP contribution >= 0.6 is 11.6 Å². The molecule has 0 fully saturated rings. The minimum atomic E-state index is -1.53. The van der Waals surface area contributed by atoms with Gasteiger partial charge in [0, 0.05) is 41.4 Å². The van der Waals surface area contributed by atoms with Crippen LogP contribution in [0.25, 0.3) is 11.4 Å². The Morgan fingerprint density at radius 2 is 1.82 bits per heavy atom. The van der Waals surface area contributed by atoms with Gasteiger partial charge in [0.25, 0.3) is 11.8 Å². The average Bonchev–Trinajstić information content (AvgIpc) is 3.49. The molecule has 3 aromatic heterocycles. The second-order valence-corrected chi connectivity index (χ2v) is 10.7. The third-order valence-electron chi connectivity index (χ3n) is 7.38. The summed E-state index contributed by atoms with van der Waals surface area (Å²) in [6.07, 6.45) is 3.21. The molecule has 5 heterocycles. The number of imidazole rings is 1. The Balaban J connectivity index is 1.74. The SMILES string of the molecule is COc1cc(C)ncc1-c1nc2c(n1C(C)C)C1(C(=O)Nc3cc(C)ccc31)N(c1cc(Cl)cnc1C)C2=O. The van der Waals surface area contributed by atoms with Crippen LogP contribution in [-0.4, -0.2) is 38.4 Å². The maximum absolute atomic E-state index is 14.4. The number of methoxy groups -OCH3 is 1. The summed E-state index contributed by atoms with van der Waals surface area (Å²) in [5.74, 6) is 0.312. The summed E-state index contributed by atoms with van der Waals surface area (Å²) in [4.78, 5) is 44.0. The molecule has 1 atom stereocenters. The molecule has 0 aliphatic carbocycles. The zero-order valence-electron chi connectivity index (χ0n) is 22.5. The fourth-order valence-electron chi connectivity index (χ4n) is 5.74. The topological polar surface area (TPSA) is 102 Å². The summed E-state index contributed by atoms with van der Waals surface area (Å²) >= 11 is 6.37. The van der Waals surface area contributed by atoms with Gasteiger partial charge in [-0.2, -0.15) is 0 Å². The number of pyridine rings is 2. The van der Waals surface area contributed by atoms with Gasteiger partial charge in [-0.3, -0.25) is 24.5 Å². The molecule has 1 aromatic carbocycles. The fourth-order valence-corrected chi connectivity index (χ4v) is 5.89. The van der Waals surface area contributed by atoms with E-state index in [9.17, 15) is 9.59 Å². The van der Waals surface area contributed by atoms with Gasteiger partial charge in [-0.15, -0.1) is 0 Å². The lowest BCUT2D eigenvalue weighted by molar-refractivity contribution is -0.119. The predicted octanol–water partition coefficient (Wildman–Crippen LogP) is 5.36. The molecule has 4 aromatic rings. The van der Waals surface area contributed by atoms with Crippen LogP contribution in [0, 0.1) is 20.8 Å². The van der Waals surface area contributed by atoms with Crippen molar-refractivity contribution >= 4 is 34.8 Å². The summed E-state index contributed by atoms with van der Waals surface area (Å²) in [6, 6.07) is 9.07. The van der Waals surface area contributed by atoms with Gasteiger partial charge in [0.15, 0.2) is 11.2 Å². The van der Waals surface area contributed by atoms with Crippen molar-refractivity contribution in [2.24, 2.45) is 0 Å². The number of rotatable bonds is 4. The fraction of sp³-hybridized carbons (Fsp3) is 0.276. The number of carbonyl (C=O) groups excluding carboxylic acids is 2. The second-order valence-electron chi connectivity index (χ2n) is 10.2. The van der Waals surface area contributed by atoms with Crippen molar-refractivity contribution in [2.75, 3.05) is 17.3 Å². The first-order valence-corrected chi connectivity index (χ1v) is 13.0. The van der Waals surface area contributed by atoms with Gasteiger partial charge in [-0.1, -0.05) is 23.7 Å². The molecular weight excluding hydrogens is 516 g/mol. The predicted molar refractivity (Wildman–Crippen MR) is 149 cm³/mol. The van der Waals surface area contributed by atoms with Crippen molar-refractivity contribution in [3.63, 3.8) is 0 Å². The summed E-state index contributed by atoms with van der Waals surface area (Å²) in [5.41, 5.74) is 3.84. The number of hydrogen-bond acceptors (Lipinski definition) is 6. The van der Waals surface area contributed by atoms with E-state index in [1.54, 1.807) is 26.3 Å². The number of carbonyl (C=O) groups is 2. The molecule has 198 valence electrons. The van der Waals surface area contributed by atoms with Crippen LogP contribution in [-0.2, 0) is 10.3 Å². The molecule has 0 radical (unpaired) electrons. The number of nitrogens with one attached hydrogen (secondary N) is 1. The van der Waals surface area contributed by atoms with Crippen molar-refractivity contribution in [1.82, 2.24) is 19.5 Å². The molecular formula is C29H27ClN6O3. The number of aryl methyl sites for hydroxylation is 3. The molecule has 0 bridgehead atoms. The molecule has 0 saturated carbocycles. The van der Waals surface area contributed by atoms with Crippen LogP contribution in [0.5, 0.6) is 5.75 Å². The number of amides is 2. The largest absolute Gasteiger partial charge is 0.496 e. The van der Waals surface area contributed by atoms with E-state index in [-0.39, 0.29) is 17.6 Å². The maximum Gasteiger partial charge on any atom is 0.280 e. The van der Waals surface area contributed by atoms with Crippen LogP contribution in [0.15, 0.2) is 42.7 Å². The quantitative estimate of drug-likeness (QED) is 0.372. The monoisotopic (exact) mass is 542 g/mol. The molecule has 1 N–H and O–H groups in total. The Morgan fingerprint density at radius 3 is 2.54 bits per heavy atom. The first kappa shape index (κ1) is 25.1. The Labute approximate surface area is 230 Å². The van der Waals surface area contributed by atoms with Crippen molar-refractivity contribution in [3.05, 3.63) is 81.7 Å². The number of nitrogens with zero attached hydrogens (tertiary/aromatic N) is 5. The molecule has 9 nitrogen and oxygen atoms in total. The average molecular weight is 543 g/mol. The van der Waals surface area contributed by atoms with Gasteiger partial charge in [0.1, 0.15) is 11.6 Å². The van der Waals surface area contributed by atoms with Gasteiger partial charge in [-0.25, -0.2) is 4.98 Å². The summed E-state index contributed by atoms with van der Waals surface area (Å²) < 4.78 is 7.63. The molecule has 1 spiro atoms. The number of fused-ring (bicyclic) bond motifs is 4. The van der Waals surface area contributed by atoms with Crippen molar-refractivity contribution in [1.29, 1.82) is 0 Å². The zero-order valence-corrected chi connectivity index (χ0v) is 23.2. The minimum Gasteiger partial charge on any atom is -0.496 e. The molecule has 6 rings (SSSR count). The van der Waals surface area contributed by atoms with Gasteiger partial charge in [-0.05, 0) is 52.3 Å². The summed E-state index contributed by atoms with van der Waals surface area (Å²) in [7, 11) is 1.58. The third-order valence-corrected chi connectivity index (χ3v) is 7.59. The highest BCUT2D eigenvalue weighted by atomic mass is 35.5. The molecule has 2 amide bonds. The Kier molecular flexibility index (Phi) is 5.55. The van der Waals surface area contributed by atoms with E-state index >= 15 is 0 Å². The lowest BCUT2D eigenvalue weighted by Gasteiger charge is -2.36. The molecule has 2 aliphatic rings. The number of benzene rings is 1. The Bertz CT molecular complexity index is 1710. The van der Waals surface area contributed by atoms with E-state index in [1.807, 2.05) is 56.5 Å². The first-order chi connectivity index (χ1) is 18.6. The molecule has 1 unspecified atom stereocenters. The van der Waals surface area contributed by atoms with Crippen LogP contribution in [0.3, 0.4) is 0 Å². The second kappa shape index (κ2) is 8.64. The number of ether oxygens (including phenoxy) is 1. The van der Waals surface area contributed by atoms with E-state index in [0.717, 1.165) is 11.3 Å². The van der Waals surface area contributed by atoms with E-state index in [4.69, 9.17) is 21.3 Å². The first-order valence-electron chi connectivity index (χ1n) is 12.6. The van der Waals surface area contributed by atoms with Crippen LogP contribution in [0.1, 0.15) is 58.6 Å².